The Bertz CT molecular complexity index is 274. The lowest BCUT2D eigenvalue weighted by Crippen LogP contribution is -2.02. The molecule has 0 bridgehead atoms. The number of methoxy groups -OCH3 is 1. The van der Waals surface area contributed by atoms with Crippen LogP contribution in [0.1, 0.15) is 36.1 Å². The average Bonchev–Trinajstić information content (AvgIpc) is 2.10. The minimum Gasteiger partial charge on any atom is -0.377 e. The van der Waals surface area contributed by atoms with Gasteiger partial charge in [0.2, 0.25) is 0 Å². The zero-order valence-corrected chi connectivity index (χ0v) is 8.92. The zero-order chi connectivity index (χ0) is 9.84. The third-order valence-electron chi connectivity index (χ3n) is 2.43. The van der Waals surface area contributed by atoms with Gasteiger partial charge in [-0.3, -0.25) is 0 Å². The lowest BCUT2D eigenvalue weighted by atomic mass is 10.00. The van der Waals surface area contributed by atoms with Crippen LogP contribution in [0.15, 0.2) is 18.2 Å². The summed E-state index contributed by atoms with van der Waals surface area (Å²) in [6.45, 7) is 6.40. The van der Waals surface area contributed by atoms with E-state index in [1.807, 2.05) is 0 Å². The van der Waals surface area contributed by atoms with Crippen LogP contribution in [-0.4, -0.2) is 7.11 Å². The monoisotopic (exact) mass is 178 g/mol. The quantitative estimate of drug-likeness (QED) is 0.689. The first-order valence-electron chi connectivity index (χ1n) is 4.79. The van der Waals surface area contributed by atoms with Crippen LogP contribution in [0.4, 0.5) is 0 Å². The summed E-state index contributed by atoms with van der Waals surface area (Å²) in [4.78, 5) is 0. The summed E-state index contributed by atoms with van der Waals surface area (Å²) in [6, 6.07) is 6.52. The maximum absolute atomic E-state index is 5.41. The molecule has 1 nitrogen and oxygen atoms in total. The molecule has 0 radical (unpaired) electrons. The van der Waals surface area contributed by atoms with Gasteiger partial charge < -0.3 is 4.74 Å². The minimum atomic E-state index is 0.251. The van der Waals surface area contributed by atoms with Gasteiger partial charge in [-0.2, -0.15) is 0 Å². The molecule has 0 saturated heterocycles. The maximum atomic E-state index is 5.41. The van der Waals surface area contributed by atoms with E-state index in [4.69, 9.17) is 4.74 Å². The molecule has 13 heavy (non-hydrogen) atoms. The second kappa shape index (κ2) is 4.43. The highest BCUT2D eigenvalue weighted by atomic mass is 16.5. The van der Waals surface area contributed by atoms with Crippen LogP contribution in [-0.2, 0) is 4.74 Å². The molecule has 0 aliphatic carbocycles. The van der Waals surface area contributed by atoms with E-state index in [1.54, 1.807) is 7.11 Å². The van der Waals surface area contributed by atoms with Crippen LogP contribution < -0.4 is 0 Å². The minimum absolute atomic E-state index is 0.251. The molecule has 1 aromatic rings. The number of hydrogen-bond acceptors (Lipinski definition) is 1. The number of benzene rings is 1. The largest absolute Gasteiger partial charge is 0.377 e. The van der Waals surface area contributed by atoms with Gasteiger partial charge in [0.15, 0.2) is 0 Å². The predicted octanol–water partition coefficient (Wildman–Crippen LogP) is 3.40. The summed E-state index contributed by atoms with van der Waals surface area (Å²) < 4.78 is 5.41. The topological polar surface area (TPSA) is 9.23 Å². The molecule has 1 atom stereocenters. The SMILES string of the molecule is CCC(OC)c1ccc(C)cc1C. The Balaban J connectivity index is 2.99. The van der Waals surface area contributed by atoms with Crippen molar-refractivity contribution in [3.8, 4) is 0 Å². The lowest BCUT2D eigenvalue weighted by molar-refractivity contribution is 0.0995. The molecule has 72 valence electrons. The molecule has 1 aromatic carbocycles. The van der Waals surface area contributed by atoms with Crippen molar-refractivity contribution in [2.45, 2.75) is 33.3 Å². The van der Waals surface area contributed by atoms with Gasteiger partial charge in [0.05, 0.1) is 6.10 Å². The Morgan fingerprint density at radius 2 is 2.00 bits per heavy atom. The third kappa shape index (κ3) is 2.31. The highest BCUT2D eigenvalue weighted by Crippen LogP contribution is 2.23. The van der Waals surface area contributed by atoms with Crippen molar-refractivity contribution < 1.29 is 4.74 Å². The molecule has 0 spiro atoms. The highest BCUT2D eigenvalue weighted by molar-refractivity contribution is 5.31. The van der Waals surface area contributed by atoms with Crippen LogP contribution in [0.5, 0.6) is 0 Å². The van der Waals surface area contributed by atoms with Crippen LogP contribution in [0, 0.1) is 13.8 Å². The second-order valence-electron chi connectivity index (χ2n) is 3.49. The summed E-state index contributed by atoms with van der Waals surface area (Å²) >= 11 is 0. The summed E-state index contributed by atoms with van der Waals surface area (Å²) in [6.07, 6.45) is 1.28. The Labute approximate surface area is 80.7 Å². The van der Waals surface area contributed by atoms with Gasteiger partial charge in [-0.1, -0.05) is 30.7 Å². The first kappa shape index (κ1) is 10.3. The van der Waals surface area contributed by atoms with Gasteiger partial charge in [-0.25, -0.2) is 0 Å². The lowest BCUT2D eigenvalue weighted by Gasteiger charge is -2.16. The smallest absolute Gasteiger partial charge is 0.0821 e. The molecule has 0 N–H and O–H groups in total. The zero-order valence-electron chi connectivity index (χ0n) is 8.92. The van der Waals surface area contributed by atoms with Crippen LogP contribution in [0.25, 0.3) is 0 Å². The Morgan fingerprint density at radius 1 is 1.31 bits per heavy atom. The summed E-state index contributed by atoms with van der Waals surface area (Å²) in [5.74, 6) is 0. The molecule has 1 heteroatoms. The summed E-state index contributed by atoms with van der Waals surface area (Å²) in [5.41, 5.74) is 3.96. The second-order valence-corrected chi connectivity index (χ2v) is 3.49. The fourth-order valence-electron chi connectivity index (χ4n) is 1.70. The Hall–Kier alpha value is -0.820. The van der Waals surface area contributed by atoms with Crippen molar-refractivity contribution in [3.63, 3.8) is 0 Å². The van der Waals surface area contributed by atoms with Crippen LogP contribution in [0.2, 0.25) is 0 Å². The third-order valence-corrected chi connectivity index (χ3v) is 2.43. The van der Waals surface area contributed by atoms with E-state index < -0.39 is 0 Å². The molecule has 0 fully saturated rings. The van der Waals surface area contributed by atoms with Gasteiger partial charge in [-0.15, -0.1) is 0 Å². The van der Waals surface area contributed by atoms with E-state index in [-0.39, 0.29) is 6.10 Å². The van der Waals surface area contributed by atoms with E-state index in [0.717, 1.165) is 6.42 Å². The summed E-state index contributed by atoms with van der Waals surface area (Å²) in [5, 5.41) is 0. The molecule has 0 saturated carbocycles. The van der Waals surface area contributed by atoms with Crippen molar-refractivity contribution in [2.24, 2.45) is 0 Å². The number of hydrogen-bond donors (Lipinski definition) is 0. The Morgan fingerprint density at radius 3 is 2.46 bits per heavy atom. The van der Waals surface area contributed by atoms with Crippen LogP contribution in [0.3, 0.4) is 0 Å². The van der Waals surface area contributed by atoms with Crippen molar-refractivity contribution in [1.29, 1.82) is 0 Å². The van der Waals surface area contributed by atoms with E-state index in [9.17, 15) is 0 Å². The van der Waals surface area contributed by atoms with Crippen molar-refractivity contribution in [3.05, 3.63) is 34.9 Å². The van der Waals surface area contributed by atoms with Gasteiger partial charge in [0.1, 0.15) is 0 Å². The van der Waals surface area contributed by atoms with Crippen molar-refractivity contribution in [2.75, 3.05) is 7.11 Å². The fraction of sp³-hybridized carbons (Fsp3) is 0.500. The molecule has 0 heterocycles. The molecule has 0 amide bonds. The molecule has 1 rings (SSSR count). The van der Waals surface area contributed by atoms with Crippen molar-refractivity contribution >= 4 is 0 Å². The van der Waals surface area contributed by atoms with Gasteiger partial charge in [-0.05, 0) is 31.4 Å². The predicted molar refractivity (Wildman–Crippen MR) is 56.0 cm³/mol. The molecule has 0 aromatic heterocycles. The van der Waals surface area contributed by atoms with Gasteiger partial charge >= 0.3 is 0 Å². The number of aryl methyl sites for hydroxylation is 2. The number of ether oxygens (including phenoxy) is 1. The standard InChI is InChI=1S/C12H18O/c1-5-12(13-4)11-7-6-9(2)8-10(11)3/h6-8,12H,5H2,1-4H3. The first-order valence-corrected chi connectivity index (χ1v) is 4.79. The van der Waals surface area contributed by atoms with Gasteiger partial charge in [0, 0.05) is 7.11 Å². The molecule has 1 unspecified atom stereocenters. The van der Waals surface area contributed by atoms with E-state index >= 15 is 0 Å². The van der Waals surface area contributed by atoms with Gasteiger partial charge in [0.25, 0.3) is 0 Å². The molecular weight excluding hydrogens is 160 g/mol. The fourth-order valence-corrected chi connectivity index (χ4v) is 1.70. The van der Waals surface area contributed by atoms with E-state index in [0.29, 0.717) is 0 Å². The van der Waals surface area contributed by atoms with E-state index in [1.165, 1.54) is 16.7 Å². The average molecular weight is 178 g/mol. The first-order chi connectivity index (χ1) is 6.19. The molecular formula is C12H18O. The van der Waals surface area contributed by atoms with E-state index in [2.05, 4.69) is 39.0 Å². The van der Waals surface area contributed by atoms with Crippen LogP contribution >= 0.6 is 0 Å². The normalized spacial score (nSPS) is 12.9. The highest BCUT2D eigenvalue weighted by Gasteiger charge is 2.09. The maximum Gasteiger partial charge on any atom is 0.0821 e. The molecule has 0 aliphatic rings. The number of rotatable bonds is 3. The molecule has 0 aliphatic heterocycles. The summed E-state index contributed by atoms with van der Waals surface area (Å²) in [7, 11) is 1.77. The Kier molecular flexibility index (Phi) is 3.49. The van der Waals surface area contributed by atoms with Crippen molar-refractivity contribution in [1.82, 2.24) is 0 Å².